The van der Waals surface area contributed by atoms with Crippen LogP contribution in [0.4, 0.5) is 0 Å². The standard InChI is InChI=1S/C10H11ClO4S/c11-16(13,14)6-7-3-8-4-9(12)1-2-10(8)15-5-7/h1-2,4,7,12H,3,5-6H2. The average molecular weight is 263 g/mol. The van der Waals surface area contributed by atoms with Gasteiger partial charge in [0.25, 0.3) is 0 Å². The van der Waals surface area contributed by atoms with Crippen LogP contribution >= 0.6 is 10.7 Å². The van der Waals surface area contributed by atoms with Gasteiger partial charge in [-0.05, 0) is 30.2 Å². The largest absolute Gasteiger partial charge is 0.508 e. The van der Waals surface area contributed by atoms with Crippen LogP contribution in [0.5, 0.6) is 11.5 Å². The number of rotatable bonds is 2. The van der Waals surface area contributed by atoms with Crippen LogP contribution in [0.1, 0.15) is 5.56 Å². The molecular weight excluding hydrogens is 252 g/mol. The van der Waals surface area contributed by atoms with Gasteiger partial charge in [-0.1, -0.05) is 0 Å². The second-order valence-corrected chi connectivity index (χ2v) is 6.70. The zero-order valence-electron chi connectivity index (χ0n) is 8.39. The van der Waals surface area contributed by atoms with Crippen molar-refractivity contribution in [1.82, 2.24) is 0 Å². The molecule has 1 aromatic rings. The van der Waals surface area contributed by atoms with E-state index < -0.39 is 9.05 Å². The van der Waals surface area contributed by atoms with Crippen molar-refractivity contribution in [2.24, 2.45) is 5.92 Å². The van der Waals surface area contributed by atoms with Crippen LogP contribution in [-0.2, 0) is 15.5 Å². The Kier molecular flexibility index (Phi) is 2.99. The normalized spacial score (nSPS) is 19.9. The van der Waals surface area contributed by atoms with Gasteiger partial charge in [0, 0.05) is 16.6 Å². The van der Waals surface area contributed by atoms with Gasteiger partial charge in [-0.3, -0.25) is 0 Å². The molecule has 0 saturated carbocycles. The van der Waals surface area contributed by atoms with Gasteiger partial charge in [0.05, 0.1) is 12.4 Å². The predicted molar refractivity (Wildman–Crippen MR) is 60.4 cm³/mol. The van der Waals surface area contributed by atoms with Crippen LogP contribution in [0.15, 0.2) is 18.2 Å². The van der Waals surface area contributed by atoms with E-state index in [1.54, 1.807) is 12.1 Å². The second kappa shape index (κ2) is 4.14. The van der Waals surface area contributed by atoms with Crippen LogP contribution in [-0.4, -0.2) is 25.9 Å². The number of phenolic OH excluding ortho intramolecular Hbond substituents is 1. The molecule has 6 heteroatoms. The van der Waals surface area contributed by atoms with Gasteiger partial charge < -0.3 is 9.84 Å². The van der Waals surface area contributed by atoms with E-state index in [9.17, 15) is 13.5 Å². The molecule has 1 aliphatic heterocycles. The average Bonchev–Trinajstić information content (AvgIpc) is 2.14. The monoisotopic (exact) mass is 262 g/mol. The van der Waals surface area contributed by atoms with Gasteiger partial charge >= 0.3 is 0 Å². The maximum atomic E-state index is 10.9. The number of phenols is 1. The van der Waals surface area contributed by atoms with E-state index in [1.807, 2.05) is 0 Å². The lowest BCUT2D eigenvalue weighted by Gasteiger charge is -2.24. The van der Waals surface area contributed by atoms with Crippen molar-refractivity contribution >= 4 is 19.7 Å². The maximum Gasteiger partial charge on any atom is 0.233 e. The van der Waals surface area contributed by atoms with Crippen LogP contribution in [0.2, 0.25) is 0 Å². The summed E-state index contributed by atoms with van der Waals surface area (Å²) in [6.45, 7) is 0.337. The van der Waals surface area contributed by atoms with Crippen molar-refractivity contribution in [1.29, 1.82) is 0 Å². The molecule has 16 heavy (non-hydrogen) atoms. The van der Waals surface area contributed by atoms with Crippen molar-refractivity contribution in [3.8, 4) is 11.5 Å². The van der Waals surface area contributed by atoms with Crippen LogP contribution < -0.4 is 4.74 Å². The Hall–Kier alpha value is -0.940. The van der Waals surface area contributed by atoms with E-state index in [2.05, 4.69) is 0 Å². The molecular formula is C10H11ClO4S. The third-order valence-electron chi connectivity index (χ3n) is 2.46. The summed E-state index contributed by atoms with van der Waals surface area (Å²) in [6, 6.07) is 4.80. The first-order valence-electron chi connectivity index (χ1n) is 4.81. The van der Waals surface area contributed by atoms with Gasteiger partial charge in [-0.2, -0.15) is 0 Å². The lowest BCUT2D eigenvalue weighted by molar-refractivity contribution is 0.235. The Morgan fingerprint density at radius 2 is 2.25 bits per heavy atom. The third kappa shape index (κ3) is 2.80. The van der Waals surface area contributed by atoms with Crippen LogP contribution in [0.25, 0.3) is 0 Å². The molecule has 1 N–H and O–H groups in total. The number of ether oxygens (including phenoxy) is 1. The number of fused-ring (bicyclic) bond motifs is 1. The fourth-order valence-corrected chi connectivity index (χ4v) is 3.14. The first kappa shape index (κ1) is 11.5. The maximum absolute atomic E-state index is 10.9. The summed E-state index contributed by atoms with van der Waals surface area (Å²) < 4.78 is 27.3. The minimum atomic E-state index is -3.51. The summed E-state index contributed by atoms with van der Waals surface area (Å²) in [7, 11) is 1.69. The predicted octanol–water partition coefficient (Wildman–Crippen LogP) is 1.51. The highest BCUT2D eigenvalue weighted by Crippen LogP contribution is 2.30. The van der Waals surface area contributed by atoms with E-state index in [4.69, 9.17) is 15.4 Å². The molecule has 1 heterocycles. The molecule has 0 amide bonds. The Morgan fingerprint density at radius 3 is 2.94 bits per heavy atom. The topological polar surface area (TPSA) is 63.6 Å². The molecule has 1 aromatic carbocycles. The summed E-state index contributed by atoms with van der Waals surface area (Å²) in [5.74, 6) is 0.582. The van der Waals surface area contributed by atoms with Gasteiger partial charge in [-0.15, -0.1) is 0 Å². The molecule has 0 fully saturated rings. The molecule has 2 rings (SSSR count). The summed E-state index contributed by atoms with van der Waals surface area (Å²) in [5, 5.41) is 9.31. The van der Waals surface area contributed by atoms with Crippen LogP contribution in [0, 0.1) is 5.92 Å². The van der Waals surface area contributed by atoms with Crippen molar-refractivity contribution < 1.29 is 18.3 Å². The highest BCUT2D eigenvalue weighted by Gasteiger charge is 2.24. The molecule has 0 radical (unpaired) electrons. The summed E-state index contributed by atoms with van der Waals surface area (Å²) >= 11 is 0. The molecule has 0 aromatic heterocycles. The highest BCUT2D eigenvalue weighted by molar-refractivity contribution is 8.13. The van der Waals surface area contributed by atoms with Crippen molar-refractivity contribution in [3.05, 3.63) is 23.8 Å². The first-order valence-corrected chi connectivity index (χ1v) is 7.29. The zero-order chi connectivity index (χ0) is 11.8. The Bertz CT molecular complexity index is 498. The van der Waals surface area contributed by atoms with Gasteiger partial charge in [0.2, 0.25) is 9.05 Å². The van der Waals surface area contributed by atoms with Crippen molar-refractivity contribution in [2.45, 2.75) is 6.42 Å². The van der Waals surface area contributed by atoms with E-state index in [0.29, 0.717) is 18.8 Å². The third-order valence-corrected chi connectivity index (χ3v) is 3.71. The van der Waals surface area contributed by atoms with E-state index >= 15 is 0 Å². The molecule has 1 aliphatic rings. The smallest absolute Gasteiger partial charge is 0.233 e. The minimum Gasteiger partial charge on any atom is -0.508 e. The summed E-state index contributed by atoms with van der Waals surface area (Å²) in [4.78, 5) is 0. The lowest BCUT2D eigenvalue weighted by Crippen LogP contribution is -2.26. The van der Waals surface area contributed by atoms with Crippen LogP contribution in [0.3, 0.4) is 0 Å². The quantitative estimate of drug-likeness (QED) is 0.821. The first-order chi connectivity index (χ1) is 7.44. The Morgan fingerprint density at radius 1 is 1.50 bits per heavy atom. The molecule has 88 valence electrons. The van der Waals surface area contributed by atoms with Crippen molar-refractivity contribution in [2.75, 3.05) is 12.4 Å². The van der Waals surface area contributed by atoms with Crippen molar-refractivity contribution in [3.63, 3.8) is 0 Å². The number of aromatic hydroxyl groups is 1. The number of benzene rings is 1. The van der Waals surface area contributed by atoms with Gasteiger partial charge in [0.1, 0.15) is 11.5 Å². The van der Waals surface area contributed by atoms with E-state index in [0.717, 1.165) is 5.56 Å². The zero-order valence-corrected chi connectivity index (χ0v) is 9.96. The molecule has 0 spiro atoms. The van der Waals surface area contributed by atoms with Gasteiger partial charge in [-0.25, -0.2) is 8.42 Å². The lowest BCUT2D eigenvalue weighted by atomic mass is 9.98. The Labute approximate surface area is 98.2 Å². The Balaban J connectivity index is 2.17. The molecule has 1 atom stereocenters. The number of hydrogen-bond acceptors (Lipinski definition) is 4. The highest BCUT2D eigenvalue weighted by atomic mass is 35.7. The number of halogens is 1. The second-order valence-electron chi connectivity index (χ2n) is 3.88. The molecule has 1 unspecified atom stereocenters. The molecule has 0 saturated heterocycles. The van der Waals surface area contributed by atoms with E-state index in [1.165, 1.54) is 6.07 Å². The summed E-state index contributed by atoms with van der Waals surface area (Å²) in [5.41, 5.74) is 0.816. The molecule has 0 bridgehead atoms. The minimum absolute atomic E-state index is 0.107. The fraction of sp³-hybridized carbons (Fsp3) is 0.400. The fourth-order valence-electron chi connectivity index (χ4n) is 1.83. The van der Waals surface area contributed by atoms with Gasteiger partial charge in [0.15, 0.2) is 0 Å². The molecule has 0 aliphatic carbocycles. The molecule has 4 nitrogen and oxygen atoms in total. The van der Waals surface area contributed by atoms with E-state index in [-0.39, 0.29) is 17.4 Å². The SMILES string of the molecule is O=S(=O)(Cl)CC1COc2ccc(O)cc2C1. The number of hydrogen-bond donors (Lipinski definition) is 1. The summed E-state index contributed by atoms with van der Waals surface area (Å²) in [6.07, 6.45) is 0.551.